The van der Waals surface area contributed by atoms with Gasteiger partial charge in [-0.05, 0) is 65.2 Å². The summed E-state index contributed by atoms with van der Waals surface area (Å²) in [5.41, 5.74) is 1.87. The van der Waals surface area contributed by atoms with Crippen LogP contribution in [0, 0.1) is 22.9 Å². The van der Waals surface area contributed by atoms with Crippen LogP contribution in [0.1, 0.15) is 28.6 Å². The van der Waals surface area contributed by atoms with Crippen LogP contribution < -0.4 is 20.9 Å². The number of carbonyl (C=O) groups excluding carboxylic acids is 1. The number of halogens is 4. The largest absolute Gasteiger partial charge is 0.392 e. The highest BCUT2D eigenvalue weighted by atomic mass is 35.5. The Labute approximate surface area is 276 Å². The lowest BCUT2D eigenvalue weighted by atomic mass is 10.0. The lowest BCUT2D eigenvalue weighted by Gasteiger charge is -2.24. The van der Waals surface area contributed by atoms with E-state index in [1.54, 1.807) is 37.6 Å². The fourth-order valence-corrected chi connectivity index (χ4v) is 5.96. The molecule has 1 heterocycles. The van der Waals surface area contributed by atoms with E-state index in [4.69, 9.17) is 22.0 Å². The first kappa shape index (κ1) is 33.5. The van der Waals surface area contributed by atoms with Gasteiger partial charge in [-0.2, -0.15) is 0 Å². The van der Waals surface area contributed by atoms with E-state index in [1.165, 1.54) is 40.8 Å². The van der Waals surface area contributed by atoms with E-state index < -0.39 is 35.7 Å². The second kappa shape index (κ2) is 14.3. The zero-order valence-electron chi connectivity index (χ0n) is 25.0. The predicted molar refractivity (Wildman–Crippen MR) is 179 cm³/mol. The number of benzene rings is 4. The van der Waals surface area contributed by atoms with Gasteiger partial charge in [0.2, 0.25) is 6.41 Å². The molecule has 14 heteroatoms. The van der Waals surface area contributed by atoms with Crippen LogP contribution >= 0.6 is 23.5 Å². The highest BCUT2D eigenvalue weighted by Gasteiger charge is 2.26. The van der Waals surface area contributed by atoms with E-state index in [1.807, 2.05) is 0 Å². The molecule has 1 atom stereocenters. The van der Waals surface area contributed by atoms with Crippen molar-refractivity contribution in [2.75, 3.05) is 18.6 Å². The molecule has 242 valence electrons. The van der Waals surface area contributed by atoms with Crippen LogP contribution in [0.4, 0.5) is 18.9 Å². The van der Waals surface area contributed by atoms with E-state index in [0.29, 0.717) is 23.2 Å². The van der Waals surface area contributed by atoms with Crippen molar-refractivity contribution in [3.8, 4) is 16.8 Å². The van der Waals surface area contributed by atoms with Crippen molar-refractivity contribution in [3.05, 3.63) is 122 Å². The van der Waals surface area contributed by atoms with Crippen molar-refractivity contribution < 1.29 is 23.1 Å². The zero-order valence-corrected chi connectivity index (χ0v) is 26.6. The first-order valence-corrected chi connectivity index (χ1v) is 15.7. The maximum atomic E-state index is 14.4. The van der Waals surface area contributed by atoms with Crippen LogP contribution in [0.2, 0.25) is 5.02 Å². The third kappa shape index (κ3) is 6.82. The topological polar surface area (TPSA) is 132 Å². The fourth-order valence-electron chi connectivity index (χ4n) is 5.40. The number of amidine groups is 1. The summed E-state index contributed by atoms with van der Waals surface area (Å²) >= 11 is 7.70. The van der Waals surface area contributed by atoms with Gasteiger partial charge in [0, 0.05) is 31.4 Å². The monoisotopic (exact) mass is 680 g/mol. The molecule has 5 N–H and O–H groups in total. The molecular weight excluding hydrogens is 653 g/mol. The van der Waals surface area contributed by atoms with Crippen molar-refractivity contribution in [2.24, 2.45) is 0 Å². The van der Waals surface area contributed by atoms with Gasteiger partial charge in [-0.25, -0.2) is 18.2 Å². The molecule has 0 spiro atoms. The molecule has 9 nitrogen and oxygen atoms in total. The molecule has 1 aromatic heterocycles. The number of aliphatic hydroxyl groups excluding tert-OH is 1. The zero-order chi connectivity index (χ0) is 33.8. The van der Waals surface area contributed by atoms with Crippen molar-refractivity contribution in [1.82, 2.24) is 19.6 Å². The van der Waals surface area contributed by atoms with Gasteiger partial charge in [-0.3, -0.25) is 19.6 Å². The summed E-state index contributed by atoms with van der Waals surface area (Å²) in [4.78, 5) is 31.2. The molecule has 1 amide bonds. The molecular formula is C33H28ClF3N6O3S. The molecule has 0 saturated carbocycles. The Morgan fingerprint density at radius 3 is 2.43 bits per heavy atom. The maximum absolute atomic E-state index is 14.4. The third-order valence-electron chi connectivity index (χ3n) is 7.47. The van der Waals surface area contributed by atoms with Gasteiger partial charge < -0.3 is 20.5 Å². The van der Waals surface area contributed by atoms with Crippen LogP contribution in [0.15, 0.2) is 71.5 Å². The summed E-state index contributed by atoms with van der Waals surface area (Å²) < 4.78 is 46.6. The van der Waals surface area contributed by atoms with Gasteiger partial charge in [-0.1, -0.05) is 35.7 Å². The van der Waals surface area contributed by atoms with Gasteiger partial charge >= 0.3 is 0 Å². The number of aliphatic hydroxyl groups is 1. The van der Waals surface area contributed by atoms with Crippen molar-refractivity contribution >= 4 is 52.4 Å². The van der Waals surface area contributed by atoms with E-state index in [9.17, 15) is 27.9 Å². The molecule has 0 aliphatic rings. The standard InChI is InChI=1S/C33H28ClF3N6O3S/c1-39-30-28(8-6-24(34)29(30)31(38)42-47-2)43-32(27(40-16-45)11-17-9-21(35)14-22(36)10-17)41-26-13-19(3-5-23(26)33(43)46)18-4-7-25(37)20(12-18)15-44/h3-10,12-14,16,27,39,44H,11,15H2,1-2H3,(H2,38,42)(H,40,45). The van der Waals surface area contributed by atoms with Gasteiger partial charge in [0.25, 0.3) is 5.56 Å². The van der Waals surface area contributed by atoms with Crippen LogP contribution in [0.25, 0.3) is 27.7 Å². The lowest BCUT2D eigenvalue weighted by Crippen LogP contribution is -2.33. The Bertz CT molecular complexity index is 2060. The second-order valence-electron chi connectivity index (χ2n) is 10.4. The Kier molecular flexibility index (Phi) is 10.2. The number of nitrogens with zero attached hydrogens (tertiary/aromatic N) is 2. The molecule has 0 radical (unpaired) electrons. The van der Waals surface area contributed by atoms with Crippen molar-refractivity contribution in [2.45, 2.75) is 19.1 Å². The Morgan fingerprint density at radius 2 is 1.77 bits per heavy atom. The highest BCUT2D eigenvalue weighted by Crippen LogP contribution is 2.33. The van der Waals surface area contributed by atoms with Crippen LogP contribution in [0.5, 0.6) is 0 Å². The van der Waals surface area contributed by atoms with E-state index >= 15 is 0 Å². The molecule has 4 aromatic carbocycles. The molecule has 1 unspecified atom stereocenters. The van der Waals surface area contributed by atoms with Crippen LogP contribution in [-0.2, 0) is 17.8 Å². The average Bonchev–Trinajstić information content (AvgIpc) is 3.04. The van der Waals surface area contributed by atoms with E-state index in [0.717, 1.165) is 18.2 Å². The number of hydrogen-bond acceptors (Lipinski definition) is 7. The average molecular weight is 681 g/mol. The maximum Gasteiger partial charge on any atom is 0.266 e. The summed E-state index contributed by atoms with van der Waals surface area (Å²) in [6.45, 7) is -0.513. The second-order valence-corrected chi connectivity index (χ2v) is 11.4. The quantitative estimate of drug-likeness (QED) is 0.0510. The first-order chi connectivity index (χ1) is 22.6. The third-order valence-corrected chi connectivity index (χ3v) is 8.19. The summed E-state index contributed by atoms with van der Waals surface area (Å²) in [6, 6.07) is 14.0. The van der Waals surface area contributed by atoms with Crippen LogP contribution in [0.3, 0.4) is 0 Å². The number of amides is 1. The van der Waals surface area contributed by atoms with Gasteiger partial charge in [0.15, 0.2) is 0 Å². The SMILES string of the molecule is CNc1c(-n2c(C(Cc3cc(F)cc(F)c3)NC=O)nc3cc(-c4ccc(F)c(CO)c4)ccc3c2=O)ccc(Cl)c1C(=N)NSC. The molecule has 0 aliphatic heterocycles. The minimum Gasteiger partial charge on any atom is -0.392 e. The van der Waals surface area contributed by atoms with Crippen LogP contribution in [-0.4, -0.2) is 40.2 Å². The van der Waals surface area contributed by atoms with Gasteiger partial charge in [0.05, 0.1) is 45.5 Å². The summed E-state index contributed by atoms with van der Waals surface area (Å²) in [5, 5.41) is 24.2. The number of carbonyl (C=O) groups is 1. The minimum atomic E-state index is -1.08. The predicted octanol–water partition coefficient (Wildman–Crippen LogP) is 5.88. The minimum absolute atomic E-state index is 0.0145. The highest BCUT2D eigenvalue weighted by molar-refractivity contribution is 7.97. The molecule has 0 bridgehead atoms. The molecule has 5 aromatic rings. The van der Waals surface area contributed by atoms with Crippen molar-refractivity contribution in [1.29, 1.82) is 5.41 Å². The first-order valence-electron chi connectivity index (χ1n) is 14.1. The number of anilines is 1. The number of aromatic nitrogens is 2. The Hall–Kier alpha value is -4.85. The lowest BCUT2D eigenvalue weighted by molar-refractivity contribution is -0.110. The normalized spacial score (nSPS) is 11.7. The van der Waals surface area contributed by atoms with Gasteiger partial charge in [0.1, 0.15) is 29.1 Å². The molecule has 0 fully saturated rings. The Morgan fingerprint density at radius 1 is 1.06 bits per heavy atom. The van der Waals surface area contributed by atoms with Gasteiger partial charge in [-0.15, -0.1) is 0 Å². The smallest absolute Gasteiger partial charge is 0.266 e. The molecule has 0 saturated heterocycles. The number of hydrogen-bond donors (Lipinski definition) is 5. The van der Waals surface area contributed by atoms with E-state index in [2.05, 4.69) is 15.4 Å². The number of nitrogens with one attached hydrogen (secondary N) is 4. The summed E-state index contributed by atoms with van der Waals surface area (Å²) in [7, 11) is 1.59. The molecule has 47 heavy (non-hydrogen) atoms. The molecule has 0 aliphatic carbocycles. The van der Waals surface area contributed by atoms with Crippen molar-refractivity contribution in [3.63, 3.8) is 0 Å². The fraction of sp³-hybridized carbons (Fsp3) is 0.152. The number of rotatable bonds is 11. The summed E-state index contributed by atoms with van der Waals surface area (Å²) in [6.07, 6.45) is 1.98. The summed E-state index contributed by atoms with van der Waals surface area (Å²) in [5.74, 6) is -2.24. The number of fused-ring (bicyclic) bond motifs is 1. The van der Waals surface area contributed by atoms with E-state index in [-0.39, 0.29) is 56.4 Å². The Balaban J connectivity index is 1.82. The molecule has 5 rings (SSSR count).